The molecule has 1 aromatic heterocycles. The molecule has 0 radical (unpaired) electrons. The van der Waals surface area contributed by atoms with Gasteiger partial charge in [0.05, 0.1) is 17.2 Å². The normalized spacial score (nSPS) is 16.1. The highest BCUT2D eigenvalue weighted by atomic mass is 16.5. The molecule has 0 aliphatic carbocycles. The fraction of sp³-hybridized carbons (Fsp3) is 0.100. The molecule has 0 bridgehead atoms. The topological polar surface area (TPSA) is 87.7 Å². The van der Waals surface area contributed by atoms with E-state index in [0.29, 0.717) is 11.5 Å². The number of nitriles is 1. The fourth-order valence-electron chi connectivity index (χ4n) is 3.16. The van der Waals surface area contributed by atoms with Gasteiger partial charge in [-0.2, -0.15) is 5.26 Å². The smallest absolute Gasteiger partial charge is 0.244 e. The van der Waals surface area contributed by atoms with Crippen molar-refractivity contribution in [2.45, 2.75) is 12.8 Å². The van der Waals surface area contributed by atoms with Crippen molar-refractivity contribution in [3.05, 3.63) is 82.7 Å². The van der Waals surface area contributed by atoms with Crippen molar-refractivity contribution in [2.75, 3.05) is 0 Å². The van der Waals surface area contributed by atoms with E-state index in [-0.39, 0.29) is 11.8 Å². The van der Waals surface area contributed by atoms with Crippen molar-refractivity contribution in [3.8, 4) is 23.2 Å². The predicted molar refractivity (Wildman–Crippen MR) is 94.5 cm³/mol. The molecule has 1 aliphatic rings. The van der Waals surface area contributed by atoms with Crippen LogP contribution in [0.5, 0.6) is 5.88 Å². The minimum absolute atomic E-state index is 0.103. The van der Waals surface area contributed by atoms with Crippen LogP contribution in [0.3, 0.4) is 0 Å². The first-order valence-corrected chi connectivity index (χ1v) is 7.97. The number of benzene rings is 2. The van der Waals surface area contributed by atoms with Gasteiger partial charge in [0.2, 0.25) is 11.8 Å². The Morgan fingerprint density at radius 1 is 1.12 bits per heavy atom. The maximum atomic E-state index is 9.66. The molecule has 3 aromatic rings. The van der Waals surface area contributed by atoms with E-state index in [1.54, 1.807) is 0 Å². The average molecular weight is 328 g/mol. The molecular weight excluding hydrogens is 312 g/mol. The van der Waals surface area contributed by atoms with Gasteiger partial charge in [-0.1, -0.05) is 60.2 Å². The molecule has 0 amide bonds. The number of nitrogens with zero attached hydrogens (tertiary/aromatic N) is 2. The molecule has 122 valence electrons. The van der Waals surface area contributed by atoms with Crippen LogP contribution in [0.2, 0.25) is 0 Å². The van der Waals surface area contributed by atoms with Crippen LogP contribution in [0.15, 0.2) is 66.1 Å². The van der Waals surface area contributed by atoms with E-state index >= 15 is 0 Å². The minimum Gasteiger partial charge on any atom is -0.420 e. The van der Waals surface area contributed by atoms with E-state index in [1.165, 1.54) is 5.56 Å². The Labute approximate surface area is 145 Å². The van der Waals surface area contributed by atoms with Crippen molar-refractivity contribution in [1.29, 1.82) is 5.26 Å². The number of H-pyrrole nitrogens is 1. The van der Waals surface area contributed by atoms with Crippen molar-refractivity contribution in [2.24, 2.45) is 5.73 Å². The van der Waals surface area contributed by atoms with E-state index in [0.717, 1.165) is 22.4 Å². The first-order valence-electron chi connectivity index (χ1n) is 7.97. The Morgan fingerprint density at radius 3 is 2.52 bits per heavy atom. The Morgan fingerprint density at radius 2 is 1.84 bits per heavy atom. The predicted octanol–water partition coefficient (Wildman–Crippen LogP) is 3.60. The Kier molecular flexibility index (Phi) is 3.51. The van der Waals surface area contributed by atoms with Crippen LogP contribution >= 0.6 is 0 Å². The van der Waals surface area contributed by atoms with E-state index in [2.05, 4.69) is 16.3 Å². The number of aromatic nitrogens is 2. The number of hydrogen-bond donors (Lipinski definition) is 2. The number of fused-ring (bicyclic) bond motifs is 1. The highest BCUT2D eigenvalue weighted by molar-refractivity contribution is 5.71. The molecule has 1 aliphatic heterocycles. The van der Waals surface area contributed by atoms with E-state index in [4.69, 9.17) is 10.5 Å². The molecule has 4 rings (SSSR count). The summed E-state index contributed by atoms with van der Waals surface area (Å²) in [4.78, 5) is 0. The lowest BCUT2D eigenvalue weighted by molar-refractivity contribution is 0.379. The quantitative estimate of drug-likeness (QED) is 0.752. The third-order valence-corrected chi connectivity index (χ3v) is 4.41. The number of hydrogen-bond acceptors (Lipinski definition) is 4. The summed E-state index contributed by atoms with van der Waals surface area (Å²) in [5.41, 5.74) is 11.2. The van der Waals surface area contributed by atoms with Gasteiger partial charge in [-0.25, -0.2) is 0 Å². The lowest BCUT2D eigenvalue weighted by atomic mass is 9.83. The van der Waals surface area contributed by atoms with Crippen molar-refractivity contribution < 1.29 is 4.74 Å². The molecule has 5 nitrogen and oxygen atoms in total. The number of ether oxygens (including phenoxy) is 1. The average Bonchev–Trinajstić information content (AvgIpc) is 3.05. The SMILES string of the molecule is Cc1ccc(-c2[nH]nc3c2[C@H](c2ccccc2)C(C#N)=C(N)O3)cc1. The fourth-order valence-corrected chi connectivity index (χ4v) is 3.16. The molecule has 0 spiro atoms. The molecule has 25 heavy (non-hydrogen) atoms. The van der Waals surface area contributed by atoms with Crippen LogP contribution in [0.1, 0.15) is 22.6 Å². The molecule has 0 fully saturated rings. The van der Waals surface area contributed by atoms with Gasteiger partial charge in [0.1, 0.15) is 11.6 Å². The molecule has 0 saturated carbocycles. The van der Waals surface area contributed by atoms with Gasteiger partial charge in [0, 0.05) is 5.56 Å². The summed E-state index contributed by atoms with van der Waals surface area (Å²) < 4.78 is 5.61. The highest BCUT2D eigenvalue weighted by Crippen LogP contribution is 2.45. The second-order valence-corrected chi connectivity index (χ2v) is 6.02. The summed E-state index contributed by atoms with van der Waals surface area (Å²) in [6.45, 7) is 2.04. The number of allylic oxidation sites excluding steroid dienone is 1. The monoisotopic (exact) mass is 328 g/mol. The summed E-state index contributed by atoms with van der Waals surface area (Å²) in [7, 11) is 0. The second kappa shape index (κ2) is 5.84. The first-order chi connectivity index (χ1) is 12.2. The Hall–Kier alpha value is -3.52. The molecule has 0 unspecified atom stereocenters. The summed E-state index contributed by atoms with van der Waals surface area (Å²) in [5.74, 6) is 0.205. The van der Waals surface area contributed by atoms with Gasteiger partial charge < -0.3 is 10.5 Å². The van der Waals surface area contributed by atoms with Gasteiger partial charge in [-0.15, -0.1) is 5.10 Å². The van der Waals surface area contributed by atoms with E-state index < -0.39 is 0 Å². The zero-order valence-electron chi connectivity index (χ0n) is 13.7. The Bertz CT molecular complexity index is 994. The van der Waals surface area contributed by atoms with Crippen LogP contribution in [0.4, 0.5) is 0 Å². The maximum absolute atomic E-state index is 9.66. The molecule has 2 heterocycles. The van der Waals surface area contributed by atoms with Crippen molar-refractivity contribution in [1.82, 2.24) is 10.2 Å². The lowest BCUT2D eigenvalue weighted by Crippen LogP contribution is -2.20. The summed E-state index contributed by atoms with van der Waals surface area (Å²) in [6, 6.07) is 20.1. The number of rotatable bonds is 2. The number of aromatic amines is 1. The molecular formula is C20H16N4O. The molecule has 3 N–H and O–H groups in total. The van der Waals surface area contributed by atoms with E-state index in [9.17, 15) is 5.26 Å². The Balaban J connectivity index is 1.94. The van der Waals surface area contributed by atoms with Crippen LogP contribution < -0.4 is 10.5 Å². The van der Waals surface area contributed by atoms with E-state index in [1.807, 2.05) is 61.5 Å². The number of aryl methyl sites for hydroxylation is 1. The third-order valence-electron chi connectivity index (χ3n) is 4.41. The van der Waals surface area contributed by atoms with Crippen molar-refractivity contribution >= 4 is 0 Å². The summed E-state index contributed by atoms with van der Waals surface area (Å²) >= 11 is 0. The van der Waals surface area contributed by atoms with Gasteiger partial charge in [-0.3, -0.25) is 5.10 Å². The zero-order chi connectivity index (χ0) is 17.4. The van der Waals surface area contributed by atoms with Gasteiger partial charge in [0.25, 0.3) is 0 Å². The van der Waals surface area contributed by atoms with Gasteiger partial charge in [-0.05, 0) is 12.5 Å². The lowest BCUT2D eigenvalue weighted by Gasteiger charge is -2.24. The zero-order valence-corrected chi connectivity index (χ0v) is 13.7. The largest absolute Gasteiger partial charge is 0.420 e. The van der Waals surface area contributed by atoms with Crippen LogP contribution in [0, 0.1) is 18.3 Å². The first kappa shape index (κ1) is 15.0. The van der Waals surface area contributed by atoms with Crippen LogP contribution in [-0.2, 0) is 0 Å². The van der Waals surface area contributed by atoms with Crippen LogP contribution in [0.25, 0.3) is 11.3 Å². The van der Waals surface area contributed by atoms with Gasteiger partial charge in [0.15, 0.2) is 0 Å². The highest BCUT2D eigenvalue weighted by Gasteiger charge is 2.35. The van der Waals surface area contributed by atoms with Gasteiger partial charge >= 0.3 is 0 Å². The number of nitrogens with one attached hydrogen (secondary N) is 1. The second-order valence-electron chi connectivity index (χ2n) is 6.02. The van der Waals surface area contributed by atoms with Crippen molar-refractivity contribution in [3.63, 3.8) is 0 Å². The maximum Gasteiger partial charge on any atom is 0.244 e. The molecule has 5 heteroatoms. The molecule has 0 saturated heterocycles. The molecule has 2 aromatic carbocycles. The third kappa shape index (κ3) is 2.45. The van der Waals surface area contributed by atoms with Crippen LogP contribution in [-0.4, -0.2) is 10.2 Å². The standard InChI is InChI=1S/C20H16N4O/c1-12-7-9-14(10-8-12)18-17-16(13-5-3-2-4-6-13)15(11-21)19(22)25-20(17)24-23-18/h2-10,16H,22H2,1H3,(H,23,24)/t16-/m1/s1. The number of nitrogens with two attached hydrogens (primary N) is 1. The molecule has 1 atom stereocenters. The minimum atomic E-state index is -0.315. The summed E-state index contributed by atoms with van der Waals surface area (Å²) in [6.07, 6.45) is 0. The summed E-state index contributed by atoms with van der Waals surface area (Å²) in [5, 5.41) is 17.0.